The lowest BCUT2D eigenvalue weighted by molar-refractivity contribution is -0.127. The molecular formula is C13H20N2O2S. The Balaban J connectivity index is 2.20. The molecule has 4 nitrogen and oxygen atoms in total. The number of thioether (sulfide) groups is 1. The highest BCUT2D eigenvalue weighted by Crippen LogP contribution is 2.11. The van der Waals surface area contributed by atoms with Gasteiger partial charge in [0.1, 0.15) is 0 Å². The van der Waals surface area contributed by atoms with Crippen LogP contribution in [-0.2, 0) is 10.5 Å². The van der Waals surface area contributed by atoms with Crippen molar-refractivity contribution in [2.45, 2.75) is 25.2 Å². The molecule has 1 amide bonds. The second-order valence-corrected chi connectivity index (χ2v) is 5.29. The van der Waals surface area contributed by atoms with Crippen molar-refractivity contribution in [3.05, 3.63) is 30.1 Å². The molecule has 18 heavy (non-hydrogen) atoms. The van der Waals surface area contributed by atoms with Gasteiger partial charge in [0, 0.05) is 31.7 Å². The second-order valence-electron chi connectivity index (χ2n) is 4.30. The van der Waals surface area contributed by atoms with Crippen LogP contribution >= 0.6 is 11.8 Å². The molecule has 0 aliphatic carbocycles. The molecule has 0 aromatic carbocycles. The molecule has 1 atom stereocenters. The number of aromatic nitrogens is 1. The minimum absolute atomic E-state index is 0.106. The molecule has 0 aliphatic heterocycles. The number of rotatable bonds is 7. The average Bonchev–Trinajstić information content (AvgIpc) is 2.37. The molecule has 0 saturated heterocycles. The van der Waals surface area contributed by atoms with Crippen LogP contribution in [0.5, 0.6) is 0 Å². The summed E-state index contributed by atoms with van der Waals surface area (Å²) >= 11 is 1.60. The van der Waals surface area contributed by atoms with Gasteiger partial charge in [-0.15, -0.1) is 11.8 Å². The summed E-state index contributed by atoms with van der Waals surface area (Å²) in [4.78, 5) is 17.4. The first kappa shape index (κ1) is 15.0. The van der Waals surface area contributed by atoms with Crippen molar-refractivity contribution in [1.29, 1.82) is 0 Å². The van der Waals surface area contributed by atoms with Crippen LogP contribution < -0.4 is 0 Å². The lowest BCUT2D eigenvalue weighted by atomic mass is 10.3. The largest absolute Gasteiger partial charge is 0.393 e. The van der Waals surface area contributed by atoms with Crippen LogP contribution in [0.4, 0.5) is 0 Å². The van der Waals surface area contributed by atoms with Gasteiger partial charge in [-0.3, -0.25) is 9.78 Å². The Kier molecular flexibility index (Phi) is 6.75. The summed E-state index contributed by atoms with van der Waals surface area (Å²) in [6.07, 6.45) is 3.78. The van der Waals surface area contributed by atoms with Crippen LogP contribution in [-0.4, -0.2) is 46.3 Å². The Hall–Kier alpha value is -1.07. The quantitative estimate of drug-likeness (QED) is 0.815. The summed E-state index contributed by atoms with van der Waals surface area (Å²) < 4.78 is 0. The topological polar surface area (TPSA) is 53.4 Å². The van der Waals surface area contributed by atoms with E-state index >= 15 is 0 Å². The standard InChI is InChI=1S/C13H20N2O2S/c1-11(16)5-8-15(2)13(17)10-18-9-12-3-6-14-7-4-12/h3-4,6-7,11,16H,5,8-10H2,1-2H3. The van der Waals surface area contributed by atoms with E-state index in [1.54, 1.807) is 43.0 Å². The van der Waals surface area contributed by atoms with Crippen LogP contribution in [0.15, 0.2) is 24.5 Å². The summed E-state index contributed by atoms with van der Waals surface area (Å²) in [7, 11) is 1.78. The van der Waals surface area contributed by atoms with E-state index in [1.165, 1.54) is 5.56 Å². The number of carbonyl (C=O) groups is 1. The van der Waals surface area contributed by atoms with Crippen molar-refractivity contribution in [2.24, 2.45) is 0 Å². The van der Waals surface area contributed by atoms with E-state index in [0.29, 0.717) is 18.7 Å². The first-order valence-corrected chi connectivity index (χ1v) is 7.13. The molecule has 1 unspecified atom stereocenters. The SMILES string of the molecule is CC(O)CCN(C)C(=O)CSCc1ccncc1. The second kappa shape index (κ2) is 8.11. The molecule has 0 fully saturated rings. The first-order chi connectivity index (χ1) is 8.59. The highest BCUT2D eigenvalue weighted by atomic mass is 32.2. The summed E-state index contributed by atoms with van der Waals surface area (Å²) in [6.45, 7) is 2.34. The molecular weight excluding hydrogens is 248 g/mol. The maximum Gasteiger partial charge on any atom is 0.232 e. The van der Waals surface area contributed by atoms with Crippen molar-refractivity contribution < 1.29 is 9.90 Å². The van der Waals surface area contributed by atoms with E-state index in [2.05, 4.69) is 4.98 Å². The third-order valence-corrected chi connectivity index (χ3v) is 3.54. The Morgan fingerprint density at radius 3 is 2.78 bits per heavy atom. The number of hydrogen-bond acceptors (Lipinski definition) is 4. The van der Waals surface area contributed by atoms with E-state index in [-0.39, 0.29) is 12.0 Å². The number of amides is 1. The van der Waals surface area contributed by atoms with Crippen LogP contribution in [0.25, 0.3) is 0 Å². The Labute approximate surface area is 112 Å². The molecule has 1 aromatic heterocycles. The number of aliphatic hydroxyl groups is 1. The summed E-state index contributed by atoms with van der Waals surface area (Å²) in [5.74, 6) is 1.40. The van der Waals surface area contributed by atoms with Gasteiger partial charge in [-0.2, -0.15) is 0 Å². The number of aliphatic hydroxyl groups excluding tert-OH is 1. The molecule has 1 rings (SSSR count). The molecule has 0 radical (unpaired) electrons. The summed E-state index contributed by atoms with van der Waals surface area (Å²) in [5, 5.41) is 9.16. The zero-order chi connectivity index (χ0) is 13.4. The Morgan fingerprint density at radius 2 is 2.17 bits per heavy atom. The molecule has 0 saturated carbocycles. The number of carbonyl (C=O) groups excluding carboxylic acids is 1. The Morgan fingerprint density at radius 1 is 1.50 bits per heavy atom. The van der Waals surface area contributed by atoms with Crippen LogP contribution in [0, 0.1) is 0 Å². The maximum absolute atomic E-state index is 11.8. The van der Waals surface area contributed by atoms with Gasteiger partial charge in [0.15, 0.2) is 0 Å². The predicted molar refractivity (Wildman–Crippen MR) is 74.3 cm³/mol. The van der Waals surface area contributed by atoms with E-state index in [0.717, 1.165) is 5.75 Å². The minimum atomic E-state index is -0.357. The molecule has 1 heterocycles. The molecule has 1 N–H and O–H groups in total. The zero-order valence-corrected chi connectivity index (χ0v) is 11.7. The van der Waals surface area contributed by atoms with E-state index in [4.69, 9.17) is 5.11 Å². The van der Waals surface area contributed by atoms with Crippen LogP contribution in [0.1, 0.15) is 18.9 Å². The third-order valence-electron chi connectivity index (χ3n) is 2.55. The smallest absolute Gasteiger partial charge is 0.232 e. The highest BCUT2D eigenvalue weighted by molar-refractivity contribution is 7.99. The zero-order valence-electron chi connectivity index (χ0n) is 10.9. The minimum Gasteiger partial charge on any atom is -0.393 e. The van der Waals surface area contributed by atoms with E-state index in [9.17, 15) is 4.79 Å². The van der Waals surface area contributed by atoms with Gasteiger partial charge < -0.3 is 10.0 Å². The third kappa shape index (κ3) is 6.02. The number of pyridine rings is 1. The molecule has 5 heteroatoms. The normalized spacial score (nSPS) is 12.2. The fraction of sp³-hybridized carbons (Fsp3) is 0.538. The Bertz CT molecular complexity index is 357. The van der Waals surface area contributed by atoms with Gasteiger partial charge in [0.2, 0.25) is 5.91 Å². The van der Waals surface area contributed by atoms with Crippen molar-refractivity contribution >= 4 is 17.7 Å². The molecule has 100 valence electrons. The van der Waals surface area contributed by atoms with Gasteiger partial charge in [-0.05, 0) is 31.0 Å². The fourth-order valence-electron chi connectivity index (χ4n) is 1.35. The lowest BCUT2D eigenvalue weighted by Crippen LogP contribution is -2.30. The lowest BCUT2D eigenvalue weighted by Gasteiger charge is -2.17. The van der Waals surface area contributed by atoms with Crippen molar-refractivity contribution in [2.75, 3.05) is 19.3 Å². The van der Waals surface area contributed by atoms with Gasteiger partial charge in [-0.25, -0.2) is 0 Å². The fourth-order valence-corrected chi connectivity index (χ4v) is 2.28. The van der Waals surface area contributed by atoms with Crippen molar-refractivity contribution in [1.82, 2.24) is 9.88 Å². The monoisotopic (exact) mass is 268 g/mol. The van der Waals surface area contributed by atoms with Gasteiger partial charge >= 0.3 is 0 Å². The van der Waals surface area contributed by atoms with Gasteiger partial charge in [0.25, 0.3) is 0 Å². The van der Waals surface area contributed by atoms with Gasteiger partial charge in [-0.1, -0.05) is 0 Å². The highest BCUT2D eigenvalue weighted by Gasteiger charge is 2.09. The van der Waals surface area contributed by atoms with Gasteiger partial charge in [0.05, 0.1) is 11.9 Å². The molecule has 0 aliphatic rings. The number of hydrogen-bond donors (Lipinski definition) is 1. The first-order valence-electron chi connectivity index (χ1n) is 5.98. The van der Waals surface area contributed by atoms with E-state index < -0.39 is 0 Å². The van der Waals surface area contributed by atoms with Crippen molar-refractivity contribution in [3.8, 4) is 0 Å². The molecule has 0 spiro atoms. The van der Waals surface area contributed by atoms with Crippen LogP contribution in [0.2, 0.25) is 0 Å². The van der Waals surface area contributed by atoms with E-state index in [1.807, 2.05) is 12.1 Å². The summed E-state index contributed by atoms with van der Waals surface area (Å²) in [6, 6.07) is 3.91. The predicted octanol–water partition coefficient (Wildman–Crippen LogP) is 1.54. The average molecular weight is 268 g/mol. The molecule has 0 bridgehead atoms. The van der Waals surface area contributed by atoms with Crippen LogP contribution in [0.3, 0.4) is 0 Å². The summed E-state index contributed by atoms with van der Waals surface area (Å²) in [5.41, 5.74) is 1.18. The number of nitrogens with zero attached hydrogens (tertiary/aromatic N) is 2. The maximum atomic E-state index is 11.8. The van der Waals surface area contributed by atoms with Crippen molar-refractivity contribution in [3.63, 3.8) is 0 Å². The molecule has 1 aromatic rings.